The quantitative estimate of drug-likeness (QED) is 0.798. The van der Waals surface area contributed by atoms with E-state index in [0.29, 0.717) is 6.54 Å². The highest BCUT2D eigenvalue weighted by Gasteiger charge is 2.26. The topological polar surface area (TPSA) is 40.5 Å². The molecular formula is C10H13NO2S. The molecule has 1 atom stereocenters. The third-order valence-corrected chi connectivity index (χ3v) is 3.42. The van der Waals surface area contributed by atoms with E-state index in [1.54, 1.807) is 0 Å². The van der Waals surface area contributed by atoms with Crippen molar-refractivity contribution >= 4 is 17.2 Å². The summed E-state index contributed by atoms with van der Waals surface area (Å²) >= 11 is 1.47. The second-order valence-corrected chi connectivity index (χ2v) is 4.51. The highest BCUT2D eigenvalue weighted by atomic mass is 32.1. The van der Waals surface area contributed by atoms with E-state index in [4.69, 9.17) is 5.11 Å². The third kappa shape index (κ3) is 1.81. The van der Waals surface area contributed by atoms with Crippen LogP contribution < -0.4 is 0 Å². The zero-order valence-corrected chi connectivity index (χ0v) is 8.67. The third-order valence-electron chi connectivity index (χ3n) is 2.56. The van der Waals surface area contributed by atoms with Gasteiger partial charge in [0.05, 0.1) is 4.88 Å². The summed E-state index contributed by atoms with van der Waals surface area (Å²) in [6.07, 6.45) is 0.924. The van der Waals surface area contributed by atoms with Crippen LogP contribution in [0.5, 0.6) is 0 Å². The fraction of sp³-hybridized carbons (Fsp3) is 0.500. The van der Waals surface area contributed by atoms with Gasteiger partial charge in [-0.25, -0.2) is 0 Å². The van der Waals surface area contributed by atoms with Crippen LogP contribution in [0.3, 0.4) is 0 Å². The Morgan fingerprint density at radius 1 is 1.71 bits per heavy atom. The molecule has 0 spiro atoms. The summed E-state index contributed by atoms with van der Waals surface area (Å²) in [4.78, 5) is 14.4. The van der Waals surface area contributed by atoms with Crippen molar-refractivity contribution in [1.82, 2.24) is 4.90 Å². The SMILES string of the molecule is O=C(c1cccs1)N1CC[C@@H](CO)C1. The van der Waals surface area contributed by atoms with Crippen LogP contribution in [0.25, 0.3) is 0 Å². The Morgan fingerprint density at radius 2 is 2.57 bits per heavy atom. The molecule has 76 valence electrons. The van der Waals surface area contributed by atoms with E-state index in [1.165, 1.54) is 11.3 Å². The summed E-state index contributed by atoms with van der Waals surface area (Å²) in [5, 5.41) is 10.9. The lowest BCUT2D eigenvalue weighted by Crippen LogP contribution is -2.28. The second-order valence-electron chi connectivity index (χ2n) is 3.57. The molecule has 1 amide bonds. The number of carbonyl (C=O) groups excluding carboxylic acids is 1. The normalized spacial score (nSPS) is 21.5. The Bertz CT molecular complexity index is 310. The van der Waals surface area contributed by atoms with Crippen LogP contribution in [-0.4, -0.2) is 35.6 Å². The Morgan fingerprint density at radius 3 is 3.14 bits per heavy atom. The van der Waals surface area contributed by atoms with Gasteiger partial charge in [-0.2, -0.15) is 0 Å². The predicted octanol–water partition coefficient (Wildman–Crippen LogP) is 1.20. The van der Waals surface area contributed by atoms with E-state index in [-0.39, 0.29) is 18.4 Å². The van der Waals surface area contributed by atoms with Crippen molar-refractivity contribution in [3.8, 4) is 0 Å². The molecule has 1 aliphatic heterocycles. The first-order valence-electron chi connectivity index (χ1n) is 4.75. The lowest BCUT2D eigenvalue weighted by atomic mass is 10.1. The van der Waals surface area contributed by atoms with Gasteiger partial charge in [-0.15, -0.1) is 11.3 Å². The fourth-order valence-electron chi connectivity index (χ4n) is 1.72. The number of likely N-dealkylation sites (tertiary alicyclic amines) is 1. The molecule has 14 heavy (non-hydrogen) atoms. The minimum atomic E-state index is 0.107. The number of thiophene rings is 1. The zero-order valence-electron chi connectivity index (χ0n) is 7.85. The van der Waals surface area contributed by atoms with E-state index in [2.05, 4.69) is 0 Å². The highest BCUT2D eigenvalue weighted by molar-refractivity contribution is 7.12. The Labute approximate surface area is 87.0 Å². The summed E-state index contributed by atoms with van der Waals surface area (Å²) in [5.74, 6) is 0.384. The molecule has 4 heteroatoms. The maximum absolute atomic E-state index is 11.8. The van der Waals surface area contributed by atoms with E-state index in [0.717, 1.165) is 17.8 Å². The van der Waals surface area contributed by atoms with Gasteiger partial charge >= 0.3 is 0 Å². The Hall–Kier alpha value is -0.870. The zero-order chi connectivity index (χ0) is 9.97. The number of hydrogen-bond acceptors (Lipinski definition) is 3. The highest BCUT2D eigenvalue weighted by Crippen LogP contribution is 2.20. The van der Waals surface area contributed by atoms with E-state index in [9.17, 15) is 4.79 Å². The molecule has 3 nitrogen and oxygen atoms in total. The van der Waals surface area contributed by atoms with Crippen LogP contribution in [-0.2, 0) is 0 Å². The van der Waals surface area contributed by atoms with Gasteiger partial charge in [-0.3, -0.25) is 4.79 Å². The standard InChI is InChI=1S/C10H13NO2S/c12-7-8-3-4-11(6-8)10(13)9-2-1-5-14-9/h1-2,5,8,12H,3-4,6-7H2/t8-/m1/s1. The molecule has 0 aliphatic carbocycles. The molecule has 1 N–H and O–H groups in total. The van der Waals surface area contributed by atoms with Gasteiger partial charge in [0.1, 0.15) is 0 Å². The Balaban J connectivity index is 2.00. The molecule has 1 saturated heterocycles. The number of hydrogen-bond donors (Lipinski definition) is 1. The second kappa shape index (κ2) is 4.11. The van der Waals surface area contributed by atoms with Crippen molar-refractivity contribution in [2.24, 2.45) is 5.92 Å². The van der Waals surface area contributed by atoms with Crippen molar-refractivity contribution in [3.63, 3.8) is 0 Å². The molecule has 1 aromatic heterocycles. The summed E-state index contributed by atoms with van der Waals surface area (Å²) in [5.41, 5.74) is 0. The van der Waals surface area contributed by atoms with Crippen LogP contribution in [0.2, 0.25) is 0 Å². The maximum Gasteiger partial charge on any atom is 0.263 e. The van der Waals surface area contributed by atoms with Gasteiger partial charge in [0.15, 0.2) is 0 Å². The molecule has 0 radical (unpaired) electrons. The molecule has 1 fully saturated rings. The van der Waals surface area contributed by atoms with Crippen LogP contribution in [0.4, 0.5) is 0 Å². The largest absolute Gasteiger partial charge is 0.396 e. The van der Waals surface area contributed by atoms with Gasteiger partial charge in [0, 0.05) is 25.6 Å². The first-order valence-corrected chi connectivity index (χ1v) is 5.63. The first kappa shape index (κ1) is 9.68. The Kier molecular flexibility index (Phi) is 2.84. The first-order chi connectivity index (χ1) is 6.81. The van der Waals surface area contributed by atoms with Crippen molar-refractivity contribution in [1.29, 1.82) is 0 Å². The molecule has 0 saturated carbocycles. The molecule has 2 rings (SSSR count). The van der Waals surface area contributed by atoms with Crippen molar-refractivity contribution < 1.29 is 9.90 Å². The fourth-order valence-corrected chi connectivity index (χ4v) is 2.41. The lowest BCUT2D eigenvalue weighted by Gasteiger charge is -2.14. The van der Waals surface area contributed by atoms with E-state index in [1.807, 2.05) is 22.4 Å². The average Bonchev–Trinajstić information content (AvgIpc) is 2.88. The van der Waals surface area contributed by atoms with Crippen LogP contribution in [0, 0.1) is 5.92 Å². The van der Waals surface area contributed by atoms with E-state index >= 15 is 0 Å². The predicted molar refractivity (Wildman–Crippen MR) is 55.4 cm³/mol. The van der Waals surface area contributed by atoms with Gasteiger partial charge < -0.3 is 10.0 Å². The number of aliphatic hydroxyl groups is 1. The van der Waals surface area contributed by atoms with Gasteiger partial charge in [0.25, 0.3) is 5.91 Å². The number of amides is 1. The van der Waals surface area contributed by atoms with Gasteiger partial charge in [-0.1, -0.05) is 6.07 Å². The van der Waals surface area contributed by atoms with Gasteiger partial charge in [-0.05, 0) is 17.9 Å². The van der Waals surface area contributed by atoms with E-state index < -0.39 is 0 Å². The molecule has 0 aromatic carbocycles. The summed E-state index contributed by atoms with van der Waals surface area (Å²) in [6, 6.07) is 3.73. The van der Waals surface area contributed by atoms with Crippen molar-refractivity contribution in [3.05, 3.63) is 22.4 Å². The van der Waals surface area contributed by atoms with Crippen LogP contribution >= 0.6 is 11.3 Å². The number of rotatable bonds is 2. The summed E-state index contributed by atoms with van der Waals surface area (Å²) in [6.45, 7) is 1.67. The summed E-state index contributed by atoms with van der Waals surface area (Å²) < 4.78 is 0. The molecular weight excluding hydrogens is 198 g/mol. The smallest absolute Gasteiger partial charge is 0.263 e. The molecule has 0 unspecified atom stereocenters. The van der Waals surface area contributed by atoms with Crippen LogP contribution in [0.1, 0.15) is 16.1 Å². The number of carbonyl (C=O) groups is 1. The average molecular weight is 211 g/mol. The van der Waals surface area contributed by atoms with Crippen molar-refractivity contribution in [2.45, 2.75) is 6.42 Å². The van der Waals surface area contributed by atoms with Crippen LogP contribution in [0.15, 0.2) is 17.5 Å². The minimum Gasteiger partial charge on any atom is -0.396 e. The van der Waals surface area contributed by atoms with Gasteiger partial charge in [0.2, 0.25) is 0 Å². The minimum absolute atomic E-state index is 0.107. The number of nitrogens with zero attached hydrogens (tertiary/aromatic N) is 1. The molecule has 0 bridgehead atoms. The van der Waals surface area contributed by atoms with Crippen molar-refractivity contribution in [2.75, 3.05) is 19.7 Å². The number of aliphatic hydroxyl groups excluding tert-OH is 1. The molecule has 1 aromatic rings. The molecule has 1 aliphatic rings. The summed E-state index contributed by atoms with van der Waals surface area (Å²) in [7, 11) is 0. The maximum atomic E-state index is 11.8. The monoisotopic (exact) mass is 211 g/mol. The molecule has 2 heterocycles. The lowest BCUT2D eigenvalue weighted by molar-refractivity contribution is 0.0786.